The summed E-state index contributed by atoms with van der Waals surface area (Å²) in [6.07, 6.45) is 5.38. The SMILES string of the molecule is Cc1ccc(CN(C(=O)CN(c2cc(C)cc(C)c2)S(=O)(=O)c2ccc(C)cc2)[C@@H](Cc2ccccc2)C(=O)NC2CCCCC2)cc1. The van der Waals surface area contributed by atoms with Crippen LogP contribution < -0.4 is 9.62 Å². The summed E-state index contributed by atoms with van der Waals surface area (Å²) in [6.45, 7) is 7.40. The second-order valence-corrected chi connectivity index (χ2v) is 15.1. The molecule has 1 saturated carbocycles. The first kappa shape index (κ1) is 34.9. The fraction of sp³-hybridized carbons (Fsp3) is 0.350. The van der Waals surface area contributed by atoms with Crippen molar-refractivity contribution in [3.8, 4) is 0 Å². The zero-order valence-corrected chi connectivity index (χ0v) is 29.3. The van der Waals surface area contributed by atoms with Crippen molar-refractivity contribution in [2.75, 3.05) is 10.8 Å². The van der Waals surface area contributed by atoms with Gasteiger partial charge >= 0.3 is 0 Å². The Balaban J connectivity index is 1.58. The van der Waals surface area contributed by atoms with Gasteiger partial charge in [0.2, 0.25) is 11.8 Å². The Morgan fingerprint density at radius 3 is 1.92 bits per heavy atom. The Labute approximate surface area is 286 Å². The van der Waals surface area contributed by atoms with E-state index in [1.54, 1.807) is 41.3 Å². The van der Waals surface area contributed by atoms with Crippen molar-refractivity contribution in [2.45, 2.75) is 89.7 Å². The van der Waals surface area contributed by atoms with Crippen molar-refractivity contribution < 1.29 is 18.0 Å². The van der Waals surface area contributed by atoms with Gasteiger partial charge < -0.3 is 10.2 Å². The summed E-state index contributed by atoms with van der Waals surface area (Å²) >= 11 is 0. The number of hydrogen-bond acceptors (Lipinski definition) is 4. The minimum Gasteiger partial charge on any atom is -0.352 e. The molecule has 5 rings (SSSR count). The van der Waals surface area contributed by atoms with E-state index in [1.807, 2.05) is 88.4 Å². The highest BCUT2D eigenvalue weighted by Gasteiger charge is 2.35. The second kappa shape index (κ2) is 15.6. The molecule has 0 heterocycles. The Hall–Kier alpha value is -4.43. The first-order chi connectivity index (χ1) is 23.0. The van der Waals surface area contributed by atoms with E-state index in [0.29, 0.717) is 12.1 Å². The molecular formula is C40H47N3O4S. The van der Waals surface area contributed by atoms with Crippen molar-refractivity contribution in [2.24, 2.45) is 0 Å². The summed E-state index contributed by atoms with van der Waals surface area (Å²) in [6, 6.07) is 29.0. The van der Waals surface area contributed by atoms with E-state index < -0.39 is 28.5 Å². The van der Waals surface area contributed by atoms with E-state index in [2.05, 4.69) is 5.32 Å². The van der Waals surface area contributed by atoms with Crippen LogP contribution in [0.2, 0.25) is 0 Å². The number of benzene rings is 4. The molecule has 8 heteroatoms. The van der Waals surface area contributed by atoms with Crippen molar-refractivity contribution in [1.82, 2.24) is 10.2 Å². The molecule has 48 heavy (non-hydrogen) atoms. The molecule has 0 bridgehead atoms. The first-order valence-electron chi connectivity index (χ1n) is 16.9. The molecule has 4 aromatic rings. The number of nitrogens with zero attached hydrogens (tertiary/aromatic N) is 2. The monoisotopic (exact) mass is 665 g/mol. The number of nitrogens with one attached hydrogen (secondary N) is 1. The van der Waals surface area contributed by atoms with Crippen LogP contribution in [0.25, 0.3) is 0 Å². The van der Waals surface area contributed by atoms with Crippen LogP contribution in [0, 0.1) is 27.7 Å². The number of carbonyl (C=O) groups is 2. The average molecular weight is 666 g/mol. The van der Waals surface area contributed by atoms with Gasteiger partial charge in [-0.25, -0.2) is 8.42 Å². The third kappa shape index (κ3) is 8.92. The van der Waals surface area contributed by atoms with Crippen molar-refractivity contribution in [3.63, 3.8) is 0 Å². The quantitative estimate of drug-likeness (QED) is 0.173. The molecular weight excluding hydrogens is 619 g/mol. The lowest BCUT2D eigenvalue weighted by atomic mass is 9.94. The molecule has 1 N–H and O–H groups in total. The number of hydrogen-bond donors (Lipinski definition) is 1. The topological polar surface area (TPSA) is 86.8 Å². The molecule has 0 unspecified atom stereocenters. The van der Waals surface area contributed by atoms with Crippen LogP contribution in [-0.4, -0.2) is 43.8 Å². The van der Waals surface area contributed by atoms with E-state index in [4.69, 9.17) is 0 Å². The minimum atomic E-state index is -4.15. The third-order valence-electron chi connectivity index (χ3n) is 9.08. The summed E-state index contributed by atoms with van der Waals surface area (Å²) in [4.78, 5) is 30.7. The molecule has 4 aromatic carbocycles. The van der Waals surface area contributed by atoms with Crippen molar-refractivity contribution >= 4 is 27.5 Å². The van der Waals surface area contributed by atoms with E-state index in [1.165, 1.54) is 4.31 Å². The lowest BCUT2D eigenvalue weighted by Gasteiger charge is -2.35. The molecule has 7 nitrogen and oxygen atoms in total. The Morgan fingerprint density at radius 2 is 1.31 bits per heavy atom. The number of rotatable bonds is 12. The van der Waals surface area contributed by atoms with Gasteiger partial charge in [0, 0.05) is 19.0 Å². The molecule has 1 aliphatic carbocycles. The van der Waals surface area contributed by atoms with Crippen molar-refractivity contribution in [1.29, 1.82) is 0 Å². The Bertz CT molecular complexity index is 1780. The number of anilines is 1. The molecule has 2 amide bonds. The largest absolute Gasteiger partial charge is 0.352 e. The molecule has 0 aromatic heterocycles. The molecule has 0 spiro atoms. The minimum absolute atomic E-state index is 0.0505. The van der Waals surface area contributed by atoms with E-state index in [9.17, 15) is 18.0 Å². The van der Waals surface area contributed by atoms with Gasteiger partial charge in [-0.05, 0) is 87.1 Å². The van der Waals surface area contributed by atoms with Crippen LogP contribution in [-0.2, 0) is 32.6 Å². The molecule has 0 saturated heterocycles. The maximum atomic E-state index is 14.8. The number of amides is 2. The normalized spacial score (nSPS) is 14.2. The highest BCUT2D eigenvalue weighted by Crippen LogP contribution is 2.28. The lowest BCUT2D eigenvalue weighted by molar-refractivity contribution is -0.140. The predicted molar refractivity (Wildman–Crippen MR) is 192 cm³/mol. The number of sulfonamides is 1. The van der Waals surface area contributed by atoms with Crippen LogP contribution in [0.5, 0.6) is 0 Å². The maximum Gasteiger partial charge on any atom is 0.264 e. The summed E-state index contributed by atoms with van der Waals surface area (Å²) in [5.74, 6) is -0.671. The van der Waals surface area contributed by atoms with Crippen LogP contribution in [0.1, 0.15) is 65.5 Å². The van der Waals surface area contributed by atoms with Gasteiger partial charge in [0.15, 0.2) is 0 Å². The summed E-state index contributed by atoms with van der Waals surface area (Å²) < 4.78 is 29.9. The molecule has 252 valence electrons. The molecule has 1 fully saturated rings. The van der Waals surface area contributed by atoms with E-state index >= 15 is 0 Å². The smallest absolute Gasteiger partial charge is 0.264 e. The van der Waals surface area contributed by atoms with E-state index in [0.717, 1.165) is 65.5 Å². The van der Waals surface area contributed by atoms with Gasteiger partial charge in [-0.3, -0.25) is 13.9 Å². The van der Waals surface area contributed by atoms with Crippen LogP contribution >= 0.6 is 0 Å². The van der Waals surface area contributed by atoms with Gasteiger partial charge in [0.1, 0.15) is 12.6 Å². The zero-order chi connectivity index (χ0) is 34.3. The van der Waals surface area contributed by atoms with Gasteiger partial charge in [0.05, 0.1) is 10.6 Å². The van der Waals surface area contributed by atoms with E-state index in [-0.39, 0.29) is 23.4 Å². The molecule has 0 aliphatic heterocycles. The van der Waals surface area contributed by atoms with Crippen molar-refractivity contribution in [3.05, 3.63) is 130 Å². The van der Waals surface area contributed by atoms with Gasteiger partial charge in [-0.1, -0.05) is 103 Å². The lowest BCUT2D eigenvalue weighted by Crippen LogP contribution is -2.55. The fourth-order valence-electron chi connectivity index (χ4n) is 6.45. The first-order valence-corrected chi connectivity index (χ1v) is 18.3. The fourth-order valence-corrected chi connectivity index (χ4v) is 7.85. The second-order valence-electron chi connectivity index (χ2n) is 13.2. The van der Waals surface area contributed by atoms with Crippen LogP contribution in [0.4, 0.5) is 5.69 Å². The standard InChI is InChI=1S/C40H47N3O4S/c1-29-15-19-34(20-16-29)27-42(38(26-33-11-7-5-8-12-33)40(45)41-35-13-9-6-10-14-35)39(44)28-43(36-24-31(3)23-32(4)25-36)48(46,47)37-21-17-30(2)18-22-37/h5,7-8,11-12,15-25,35,38H,6,9-10,13-14,26-28H2,1-4H3,(H,41,45)/t38-/m0/s1. The average Bonchev–Trinajstić information content (AvgIpc) is 3.06. The summed E-state index contributed by atoms with van der Waals surface area (Å²) in [5, 5.41) is 3.27. The summed E-state index contributed by atoms with van der Waals surface area (Å²) in [7, 11) is -4.15. The molecule has 1 atom stereocenters. The molecule has 0 radical (unpaired) electrons. The van der Waals surface area contributed by atoms with Gasteiger partial charge in [-0.2, -0.15) is 0 Å². The Kier molecular flexibility index (Phi) is 11.4. The van der Waals surface area contributed by atoms with Crippen LogP contribution in [0.15, 0.2) is 102 Å². The highest BCUT2D eigenvalue weighted by molar-refractivity contribution is 7.92. The number of carbonyl (C=O) groups excluding carboxylic acids is 2. The highest BCUT2D eigenvalue weighted by atomic mass is 32.2. The predicted octanol–water partition coefficient (Wildman–Crippen LogP) is 7.20. The summed E-state index contributed by atoms with van der Waals surface area (Å²) in [5.41, 5.74) is 5.96. The van der Waals surface area contributed by atoms with Gasteiger partial charge in [-0.15, -0.1) is 0 Å². The number of aryl methyl sites for hydroxylation is 4. The maximum absolute atomic E-state index is 14.8. The van der Waals surface area contributed by atoms with Crippen LogP contribution in [0.3, 0.4) is 0 Å². The molecule has 1 aliphatic rings. The van der Waals surface area contributed by atoms with Gasteiger partial charge in [0.25, 0.3) is 10.0 Å². The Morgan fingerprint density at radius 1 is 0.729 bits per heavy atom. The third-order valence-corrected chi connectivity index (χ3v) is 10.9. The zero-order valence-electron chi connectivity index (χ0n) is 28.5.